The predicted molar refractivity (Wildman–Crippen MR) is 147 cm³/mol. The molecule has 220 valence electrons. The lowest BCUT2D eigenvalue weighted by molar-refractivity contribution is -0.137. The van der Waals surface area contributed by atoms with Gasteiger partial charge in [-0.15, -0.1) is 0 Å². The Morgan fingerprint density at radius 3 is 2.52 bits per heavy atom. The van der Waals surface area contributed by atoms with Gasteiger partial charge in [-0.1, -0.05) is 0 Å². The second-order valence-corrected chi connectivity index (χ2v) is 10.7. The van der Waals surface area contributed by atoms with Gasteiger partial charge in [0.25, 0.3) is 0 Å². The molecule has 13 heteroatoms. The first-order chi connectivity index (χ1) is 18.9. The van der Waals surface area contributed by atoms with Crippen molar-refractivity contribution < 1.29 is 27.8 Å². The summed E-state index contributed by atoms with van der Waals surface area (Å²) in [4.78, 5) is 26.1. The highest BCUT2D eigenvalue weighted by atomic mass is 19.4. The summed E-state index contributed by atoms with van der Waals surface area (Å²) in [6, 6.07) is 5.60. The van der Waals surface area contributed by atoms with E-state index in [0.29, 0.717) is 37.4 Å². The van der Waals surface area contributed by atoms with Crippen molar-refractivity contribution in [2.75, 3.05) is 75.0 Å². The van der Waals surface area contributed by atoms with E-state index in [1.165, 1.54) is 0 Å². The molecule has 1 amide bonds. The van der Waals surface area contributed by atoms with Crippen LogP contribution in [0.3, 0.4) is 0 Å². The fourth-order valence-corrected chi connectivity index (χ4v) is 4.74. The quantitative estimate of drug-likeness (QED) is 0.385. The number of piperazine rings is 1. The van der Waals surface area contributed by atoms with Crippen LogP contribution in [0.15, 0.2) is 24.4 Å². The number of ether oxygens (including phenoxy) is 1. The smallest absolute Gasteiger partial charge is 0.421 e. The molecule has 2 aliphatic heterocycles. The molecule has 2 aromatic rings. The first-order valence-electron chi connectivity index (χ1n) is 13.6. The molecule has 2 aliphatic rings. The number of aromatic nitrogens is 2. The lowest BCUT2D eigenvalue weighted by atomic mass is 9.95. The molecule has 2 fully saturated rings. The second kappa shape index (κ2) is 12.5. The van der Waals surface area contributed by atoms with Gasteiger partial charge in [0, 0.05) is 68.9 Å². The van der Waals surface area contributed by atoms with E-state index in [-0.39, 0.29) is 18.3 Å². The SMILES string of the molecule is CN1CCN(c2ccc(Nc3ncc(C(F)(F)F)c(NCCCN4CCCCOC4=O)n3)c(C(C)(C)O)c2)CC1. The van der Waals surface area contributed by atoms with Crippen LogP contribution in [0.25, 0.3) is 0 Å². The molecule has 10 nitrogen and oxygen atoms in total. The third-order valence-electron chi connectivity index (χ3n) is 7.07. The van der Waals surface area contributed by atoms with Gasteiger partial charge >= 0.3 is 12.3 Å². The topological polar surface area (TPSA) is 106 Å². The summed E-state index contributed by atoms with van der Waals surface area (Å²) in [6.45, 7) is 8.33. The van der Waals surface area contributed by atoms with E-state index in [1.807, 2.05) is 12.1 Å². The van der Waals surface area contributed by atoms with Gasteiger partial charge in [-0.05, 0) is 58.4 Å². The van der Waals surface area contributed by atoms with Crippen molar-refractivity contribution in [1.82, 2.24) is 19.8 Å². The molecule has 2 saturated heterocycles. The first kappa shape index (κ1) is 29.7. The average Bonchev–Trinajstić information content (AvgIpc) is 3.10. The van der Waals surface area contributed by atoms with Gasteiger partial charge in [0.2, 0.25) is 5.95 Å². The number of alkyl halides is 3. The summed E-state index contributed by atoms with van der Waals surface area (Å²) in [7, 11) is 2.07. The third-order valence-corrected chi connectivity index (χ3v) is 7.07. The van der Waals surface area contributed by atoms with Gasteiger partial charge in [-0.2, -0.15) is 18.2 Å². The van der Waals surface area contributed by atoms with Crippen LogP contribution in [-0.4, -0.2) is 90.4 Å². The molecule has 3 N–H and O–H groups in total. The third kappa shape index (κ3) is 7.66. The molecule has 1 aromatic carbocycles. The number of nitrogens with one attached hydrogen (secondary N) is 2. The number of amides is 1. The Morgan fingerprint density at radius 1 is 1.07 bits per heavy atom. The number of hydrogen-bond donors (Lipinski definition) is 3. The van der Waals surface area contributed by atoms with Crippen molar-refractivity contribution >= 4 is 29.2 Å². The van der Waals surface area contributed by atoms with E-state index in [4.69, 9.17) is 4.74 Å². The standard InChI is InChI=1S/C27H38F3N7O3/c1-26(2,39)20-17-19(36-14-12-35(3)13-15-36)7-8-22(20)33-24-32-18-21(27(28,29)30)23(34-24)31-9-6-11-37-10-4-5-16-40-25(37)38/h7-8,17-18,39H,4-6,9-16H2,1-3H3,(H2,31,32,33,34). The molecule has 3 heterocycles. The zero-order chi connectivity index (χ0) is 28.9. The number of anilines is 4. The normalized spacial score (nSPS) is 17.4. The van der Waals surface area contributed by atoms with Crippen LogP contribution < -0.4 is 15.5 Å². The molecule has 0 atom stereocenters. The maximum atomic E-state index is 13.7. The summed E-state index contributed by atoms with van der Waals surface area (Å²) >= 11 is 0. The molecule has 0 spiro atoms. The second-order valence-electron chi connectivity index (χ2n) is 10.7. The first-order valence-corrected chi connectivity index (χ1v) is 13.6. The van der Waals surface area contributed by atoms with Gasteiger partial charge in [0.1, 0.15) is 11.4 Å². The van der Waals surface area contributed by atoms with Crippen LogP contribution in [0, 0.1) is 0 Å². The molecule has 0 unspecified atom stereocenters. The zero-order valence-corrected chi connectivity index (χ0v) is 23.2. The Balaban J connectivity index is 1.50. The highest BCUT2D eigenvalue weighted by molar-refractivity contribution is 5.68. The fraction of sp³-hybridized carbons (Fsp3) is 0.593. The summed E-state index contributed by atoms with van der Waals surface area (Å²) in [5.74, 6) is -0.397. The zero-order valence-electron chi connectivity index (χ0n) is 23.2. The minimum absolute atomic E-state index is 0.0376. The molecular weight excluding hydrogens is 527 g/mol. The Labute approximate surface area is 232 Å². The van der Waals surface area contributed by atoms with Crippen LogP contribution in [0.4, 0.5) is 41.1 Å². The van der Waals surface area contributed by atoms with Crippen molar-refractivity contribution in [1.29, 1.82) is 0 Å². The molecule has 0 aliphatic carbocycles. The lowest BCUT2D eigenvalue weighted by Gasteiger charge is -2.35. The molecule has 1 aromatic heterocycles. The summed E-state index contributed by atoms with van der Waals surface area (Å²) < 4.78 is 46.3. The number of likely N-dealkylation sites (N-methyl/N-ethyl adjacent to an activating group) is 1. The maximum Gasteiger partial charge on any atom is 0.421 e. The van der Waals surface area contributed by atoms with E-state index in [1.54, 1.807) is 24.8 Å². The van der Waals surface area contributed by atoms with Crippen molar-refractivity contribution in [3.05, 3.63) is 35.5 Å². The number of halogens is 3. The average molecular weight is 566 g/mol. The lowest BCUT2D eigenvalue weighted by Crippen LogP contribution is -2.44. The van der Waals surface area contributed by atoms with E-state index in [0.717, 1.165) is 50.9 Å². The fourth-order valence-electron chi connectivity index (χ4n) is 4.74. The largest absolute Gasteiger partial charge is 0.449 e. The van der Waals surface area contributed by atoms with Gasteiger partial charge in [-0.3, -0.25) is 0 Å². The summed E-state index contributed by atoms with van der Waals surface area (Å²) in [5.41, 5.74) is -0.186. The van der Waals surface area contributed by atoms with Gasteiger partial charge < -0.3 is 35.2 Å². The van der Waals surface area contributed by atoms with Crippen molar-refractivity contribution in [3.8, 4) is 0 Å². The molecular formula is C27H38F3N7O3. The van der Waals surface area contributed by atoms with Crippen molar-refractivity contribution in [3.63, 3.8) is 0 Å². The number of cyclic esters (lactones) is 1. The number of aliphatic hydroxyl groups is 1. The number of hydrogen-bond acceptors (Lipinski definition) is 9. The van der Waals surface area contributed by atoms with Crippen LogP contribution in [-0.2, 0) is 16.5 Å². The number of carbonyl (C=O) groups excluding carboxylic acids is 1. The van der Waals surface area contributed by atoms with E-state index >= 15 is 0 Å². The summed E-state index contributed by atoms with van der Waals surface area (Å²) in [5, 5.41) is 16.7. The highest BCUT2D eigenvalue weighted by Gasteiger charge is 2.35. The number of benzene rings is 1. The molecule has 40 heavy (non-hydrogen) atoms. The van der Waals surface area contributed by atoms with Crippen molar-refractivity contribution in [2.45, 2.75) is 44.9 Å². The Kier molecular flexibility index (Phi) is 9.24. The Morgan fingerprint density at radius 2 is 1.82 bits per heavy atom. The van der Waals surface area contributed by atoms with Crippen LogP contribution in [0.2, 0.25) is 0 Å². The Hall–Kier alpha value is -3.32. The van der Waals surface area contributed by atoms with Crippen molar-refractivity contribution in [2.24, 2.45) is 0 Å². The van der Waals surface area contributed by atoms with Crippen LogP contribution in [0.5, 0.6) is 0 Å². The highest BCUT2D eigenvalue weighted by Crippen LogP contribution is 2.36. The Bertz CT molecular complexity index is 1170. The molecule has 0 saturated carbocycles. The minimum Gasteiger partial charge on any atom is -0.449 e. The number of rotatable bonds is 9. The maximum absolute atomic E-state index is 13.7. The van der Waals surface area contributed by atoms with Gasteiger partial charge in [0.05, 0.1) is 12.2 Å². The molecule has 0 radical (unpaired) electrons. The van der Waals surface area contributed by atoms with E-state index < -0.39 is 23.4 Å². The predicted octanol–water partition coefficient (Wildman–Crippen LogP) is 4.25. The monoisotopic (exact) mass is 565 g/mol. The summed E-state index contributed by atoms with van der Waals surface area (Å²) in [6.07, 6.45) is -2.29. The van der Waals surface area contributed by atoms with Gasteiger partial charge in [-0.25, -0.2) is 9.78 Å². The number of carbonyl (C=O) groups is 1. The van der Waals surface area contributed by atoms with E-state index in [2.05, 4.69) is 37.4 Å². The minimum atomic E-state index is -4.65. The van der Waals surface area contributed by atoms with Gasteiger partial charge in [0.15, 0.2) is 0 Å². The molecule has 0 bridgehead atoms. The van der Waals surface area contributed by atoms with Crippen LogP contribution >= 0.6 is 0 Å². The number of nitrogens with zero attached hydrogens (tertiary/aromatic N) is 5. The van der Waals surface area contributed by atoms with E-state index in [9.17, 15) is 23.1 Å². The molecule has 4 rings (SSSR count). The van der Waals surface area contributed by atoms with Crippen LogP contribution in [0.1, 0.15) is 44.2 Å².